The maximum Gasteiger partial charge on any atom is 0.265 e. The van der Waals surface area contributed by atoms with Crippen molar-refractivity contribution >= 4 is 29.4 Å². The Kier molecular flexibility index (Phi) is 2.74. The smallest absolute Gasteiger partial charge is 0.265 e. The van der Waals surface area contributed by atoms with Crippen molar-refractivity contribution in [3.8, 4) is 0 Å². The molecule has 0 atom stereocenters. The quantitative estimate of drug-likeness (QED) is 0.771. The Morgan fingerprint density at radius 2 is 2.12 bits per heavy atom. The van der Waals surface area contributed by atoms with E-state index in [-0.39, 0.29) is 18.0 Å². The summed E-state index contributed by atoms with van der Waals surface area (Å²) in [6.45, 7) is 3.54. The molecule has 1 aromatic carbocycles. The lowest BCUT2D eigenvalue weighted by Crippen LogP contribution is -2.35. The van der Waals surface area contributed by atoms with E-state index < -0.39 is 5.91 Å². The summed E-state index contributed by atoms with van der Waals surface area (Å²) >= 11 is 0. The fourth-order valence-corrected chi connectivity index (χ4v) is 1.62. The average Bonchev–Trinajstić information content (AvgIpc) is 2.46. The van der Waals surface area contributed by atoms with E-state index >= 15 is 0 Å². The van der Waals surface area contributed by atoms with E-state index in [1.165, 1.54) is 11.1 Å². The topological polar surface area (TPSA) is 75.8 Å². The van der Waals surface area contributed by atoms with Crippen LogP contribution in [0.25, 0.3) is 0 Å². The number of primary amides is 1. The van der Waals surface area contributed by atoms with Gasteiger partial charge in [0.1, 0.15) is 5.70 Å². The van der Waals surface area contributed by atoms with Gasteiger partial charge in [0.05, 0.1) is 17.8 Å². The summed E-state index contributed by atoms with van der Waals surface area (Å²) in [7, 11) is 0. The highest BCUT2D eigenvalue weighted by Gasteiger charge is 2.25. The number of nitrogens with two attached hydrogens (primary N) is 1. The molecule has 1 aliphatic rings. The molecule has 5 heteroatoms. The molecule has 0 unspecified atom stereocenters. The van der Waals surface area contributed by atoms with Gasteiger partial charge in [-0.15, -0.1) is 0 Å². The number of para-hydroxylation sites is 2. The Labute approximate surface area is 98.2 Å². The van der Waals surface area contributed by atoms with E-state index in [4.69, 9.17) is 5.73 Å². The lowest BCUT2D eigenvalue weighted by atomic mass is 10.2. The van der Waals surface area contributed by atoms with Crippen molar-refractivity contribution in [2.24, 2.45) is 10.7 Å². The molecule has 2 amide bonds. The number of benzene rings is 1. The van der Waals surface area contributed by atoms with Gasteiger partial charge >= 0.3 is 0 Å². The van der Waals surface area contributed by atoms with Crippen LogP contribution in [0, 0.1) is 0 Å². The minimum Gasteiger partial charge on any atom is -0.364 e. The van der Waals surface area contributed by atoms with E-state index in [0.717, 1.165) is 0 Å². The van der Waals surface area contributed by atoms with E-state index in [0.29, 0.717) is 11.4 Å². The maximum atomic E-state index is 11.9. The molecule has 1 aliphatic heterocycles. The molecule has 86 valence electrons. The van der Waals surface area contributed by atoms with Gasteiger partial charge in [-0.25, -0.2) is 0 Å². The van der Waals surface area contributed by atoms with Crippen molar-refractivity contribution in [3.05, 3.63) is 36.5 Å². The molecule has 1 heterocycles. The van der Waals surface area contributed by atoms with Gasteiger partial charge in [-0.2, -0.15) is 0 Å². The van der Waals surface area contributed by atoms with Gasteiger partial charge in [-0.05, 0) is 12.1 Å². The second kappa shape index (κ2) is 4.21. The Hall–Kier alpha value is -2.43. The predicted octanol–water partition coefficient (Wildman–Crippen LogP) is 1.12. The van der Waals surface area contributed by atoms with Gasteiger partial charge < -0.3 is 5.73 Å². The van der Waals surface area contributed by atoms with E-state index in [9.17, 15) is 9.59 Å². The SMILES string of the molecule is C=C(C(N)=O)N1C(=O)CC=Nc2ccccc21. The van der Waals surface area contributed by atoms with E-state index in [1.807, 2.05) is 0 Å². The van der Waals surface area contributed by atoms with Crippen molar-refractivity contribution in [1.29, 1.82) is 0 Å². The number of aliphatic imine (C=N–C) groups is 1. The number of amides is 2. The van der Waals surface area contributed by atoms with Crippen LogP contribution in [-0.4, -0.2) is 18.0 Å². The minimum absolute atomic E-state index is 0.0482. The number of rotatable bonds is 2. The summed E-state index contributed by atoms with van der Waals surface area (Å²) < 4.78 is 0. The summed E-state index contributed by atoms with van der Waals surface area (Å²) in [5.74, 6) is -1.00. The zero-order valence-electron chi connectivity index (χ0n) is 9.09. The van der Waals surface area contributed by atoms with Crippen LogP contribution < -0.4 is 10.6 Å². The molecule has 0 aliphatic carbocycles. The monoisotopic (exact) mass is 229 g/mol. The summed E-state index contributed by atoms with van der Waals surface area (Å²) in [4.78, 5) is 28.4. The Balaban J connectivity index is 2.55. The molecule has 2 N–H and O–H groups in total. The summed E-state index contributed by atoms with van der Waals surface area (Å²) in [5, 5.41) is 0. The lowest BCUT2D eigenvalue weighted by Gasteiger charge is -2.22. The van der Waals surface area contributed by atoms with Crippen molar-refractivity contribution in [2.45, 2.75) is 6.42 Å². The van der Waals surface area contributed by atoms with Crippen LogP contribution in [0.15, 0.2) is 41.5 Å². The van der Waals surface area contributed by atoms with Crippen molar-refractivity contribution in [1.82, 2.24) is 0 Å². The molecule has 2 rings (SSSR count). The normalized spacial score (nSPS) is 14.1. The van der Waals surface area contributed by atoms with Crippen molar-refractivity contribution in [3.63, 3.8) is 0 Å². The first kappa shape index (κ1) is 11.1. The highest BCUT2D eigenvalue weighted by Crippen LogP contribution is 2.32. The fraction of sp³-hybridized carbons (Fsp3) is 0.0833. The Morgan fingerprint density at radius 3 is 2.82 bits per heavy atom. The standard InChI is InChI=1S/C12H11N3O2/c1-8(12(13)17)15-10-5-3-2-4-9(10)14-7-6-11(15)16/h2-5,7H,1,6H2,(H2,13,17). The number of nitrogens with zero attached hydrogens (tertiary/aromatic N) is 2. The van der Waals surface area contributed by atoms with E-state index in [2.05, 4.69) is 11.6 Å². The predicted molar refractivity (Wildman–Crippen MR) is 65.0 cm³/mol. The number of carbonyl (C=O) groups excluding carboxylic acids is 2. The highest BCUT2D eigenvalue weighted by atomic mass is 16.2. The molecule has 0 fully saturated rings. The molecule has 0 saturated heterocycles. The van der Waals surface area contributed by atoms with Gasteiger partial charge in [0, 0.05) is 6.21 Å². The molecule has 5 nitrogen and oxygen atoms in total. The third-order valence-electron chi connectivity index (χ3n) is 2.42. The fourth-order valence-electron chi connectivity index (χ4n) is 1.62. The Morgan fingerprint density at radius 1 is 1.41 bits per heavy atom. The van der Waals surface area contributed by atoms with Crippen LogP contribution in [0.4, 0.5) is 11.4 Å². The maximum absolute atomic E-state index is 11.9. The largest absolute Gasteiger partial charge is 0.364 e. The van der Waals surface area contributed by atoms with Gasteiger partial charge in [0.2, 0.25) is 5.91 Å². The van der Waals surface area contributed by atoms with E-state index in [1.54, 1.807) is 24.3 Å². The second-order valence-electron chi connectivity index (χ2n) is 3.54. The molecular formula is C12H11N3O2. The molecule has 0 radical (unpaired) electrons. The molecule has 0 saturated carbocycles. The molecular weight excluding hydrogens is 218 g/mol. The summed E-state index contributed by atoms with van der Waals surface area (Å²) in [5.41, 5.74) is 6.25. The number of hydrogen-bond donors (Lipinski definition) is 1. The van der Waals surface area contributed by atoms with Crippen LogP contribution in [0.1, 0.15) is 6.42 Å². The van der Waals surface area contributed by atoms with Crippen LogP contribution in [0.5, 0.6) is 0 Å². The van der Waals surface area contributed by atoms with Gasteiger partial charge in [0.15, 0.2) is 0 Å². The van der Waals surface area contributed by atoms with Crippen LogP contribution in [-0.2, 0) is 9.59 Å². The zero-order valence-corrected chi connectivity index (χ0v) is 9.09. The zero-order chi connectivity index (χ0) is 12.4. The first-order valence-electron chi connectivity index (χ1n) is 5.04. The molecule has 1 aromatic rings. The number of carbonyl (C=O) groups is 2. The molecule has 0 bridgehead atoms. The van der Waals surface area contributed by atoms with Gasteiger partial charge in [0.25, 0.3) is 5.91 Å². The lowest BCUT2D eigenvalue weighted by molar-refractivity contribution is -0.119. The molecule has 0 spiro atoms. The van der Waals surface area contributed by atoms with Crippen molar-refractivity contribution < 1.29 is 9.59 Å². The average molecular weight is 229 g/mol. The summed E-state index contributed by atoms with van der Waals surface area (Å²) in [6.07, 6.45) is 1.62. The Bertz CT molecular complexity index is 534. The van der Waals surface area contributed by atoms with Crippen LogP contribution in [0.3, 0.4) is 0 Å². The number of anilines is 1. The van der Waals surface area contributed by atoms with Crippen molar-refractivity contribution in [2.75, 3.05) is 4.90 Å². The number of fused-ring (bicyclic) bond motifs is 1. The third-order valence-corrected chi connectivity index (χ3v) is 2.42. The first-order valence-corrected chi connectivity index (χ1v) is 5.04. The minimum atomic E-state index is -0.727. The highest BCUT2D eigenvalue weighted by molar-refractivity contribution is 6.13. The van der Waals surface area contributed by atoms with Gasteiger partial charge in [-0.1, -0.05) is 18.7 Å². The number of hydrogen-bond acceptors (Lipinski definition) is 3. The van der Waals surface area contributed by atoms with Gasteiger partial charge in [-0.3, -0.25) is 19.5 Å². The molecule has 17 heavy (non-hydrogen) atoms. The van der Waals surface area contributed by atoms with Crippen LogP contribution >= 0.6 is 0 Å². The third kappa shape index (κ3) is 1.94. The van der Waals surface area contributed by atoms with Crippen LogP contribution in [0.2, 0.25) is 0 Å². The summed E-state index contributed by atoms with van der Waals surface area (Å²) in [6, 6.07) is 7.02. The first-order chi connectivity index (χ1) is 8.11. The second-order valence-corrected chi connectivity index (χ2v) is 3.54. The molecule has 0 aromatic heterocycles.